The summed E-state index contributed by atoms with van der Waals surface area (Å²) >= 11 is 0. The van der Waals surface area contributed by atoms with Gasteiger partial charge >= 0.3 is 59.1 Å². The second kappa shape index (κ2) is 16.8. The first-order valence-electron chi connectivity index (χ1n) is 4.61. The number of likely N-dealkylation sites (N-methyl/N-ethyl adjacent to an activating group) is 1. The van der Waals surface area contributed by atoms with Crippen molar-refractivity contribution in [3.63, 3.8) is 0 Å². The van der Waals surface area contributed by atoms with Gasteiger partial charge in [0.05, 0.1) is 20.6 Å². The summed E-state index contributed by atoms with van der Waals surface area (Å²) in [5.41, 5.74) is 1.38. The molecule has 0 aliphatic carbocycles. The number of hydrogen-bond acceptors (Lipinski definition) is 0. The molecule has 0 heterocycles. The molecular formula is C12H18Cl3NNa2. The molecule has 1 aromatic rings. The summed E-state index contributed by atoms with van der Waals surface area (Å²) in [5, 5.41) is 0. The zero-order chi connectivity index (χ0) is 9.73. The number of rotatable bonds is 4. The van der Waals surface area contributed by atoms with Crippen LogP contribution in [0.5, 0.6) is 0 Å². The molecule has 94 valence electrons. The fraction of sp³-hybridized carbons (Fsp3) is 0.333. The molecule has 0 aliphatic heterocycles. The van der Waals surface area contributed by atoms with Gasteiger partial charge < -0.3 is 41.7 Å². The molecule has 0 aromatic heterocycles. The van der Waals surface area contributed by atoms with Crippen LogP contribution in [0.3, 0.4) is 0 Å². The molecule has 0 aliphatic rings. The van der Waals surface area contributed by atoms with Crippen molar-refractivity contribution in [2.24, 2.45) is 0 Å². The molecule has 1 nitrogen and oxygen atoms in total. The SMILES string of the molecule is C=CC[N+](C)(C)Cc1ccccc1.[Cl-].[Cl-].[Cl-].[Na+].[Na+]. The van der Waals surface area contributed by atoms with Crippen molar-refractivity contribution in [2.45, 2.75) is 6.54 Å². The first kappa shape index (κ1) is 31.9. The van der Waals surface area contributed by atoms with Gasteiger partial charge in [0.1, 0.15) is 6.54 Å². The van der Waals surface area contributed by atoms with Crippen molar-refractivity contribution in [1.29, 1.82) is 0 Å². The van der Waals surface area contributed by atoms with Gasteiger partial charge in [0.15, 0.2) is 0 Å². The van der Waals surface area contributed by atoms with Crippen molar-refractivity contribution in [2.75, 3.05) is 20.6 Å². The fourth-order valence-corrected chi connectivity index (χ4v) is 1.49. The van der Waals surface area contributed by atoms with Crippen LogP contribution < -0.4 is 96.3 Å². The van der Waals surface area contributed by atoms with Crippen LogP contribution in [0.25, 0.3) is 0 Å². The molecule has 1 aromatic carbocycles. The minimum atomic E-state index is 0. The summed E-state index contributed by atoms with van der Waals surface area (Å²) < 4.78 is 0.966. The maximum absolute atomic E-state index is 3.77. The van der Waals surface area contributed by atoms with Gasteiger partial charge in [-0.1, -0.05) is 36.9 Å². The fourth-order valence-electron chi connectivity index (χ4n) is 1.49. The van der Waals surface area contributed by atoms with Crippen LogP contribution in [0.15, 0.2) is 43.0 Å². The molecule has 1 rings (SSSR count). The molecule has 18 heavy (non-hydrogen) atoms. The van der Waals surface area contributed by atoms with Crippen LogP contribution in [-0.2, 0) is 6.54 Å². The normalized spacial score (nSPS) is 8.11. The Hall–Kier alpha value is 1.79. The Morgan fingerprint density at radius 3 is 1.83 bits per heavy atom. The molecule has 0 N–H and O–H groups in total. The summed E-state index contributed by atoms with van der Waals surface area (Å²) in [5.74, 6) is 0. The van der Waals surface area contributed by atoms with E-state index >= 15 is 0 Å². The molecule has 0 fully saturated rings. The molecule has 0 bridgehead atoms. The predicted octanol–water partition coefficient (Wildman–Crippen LogP) is -12.5. The Bertz CT molecular complexity index is 282. The van der Waals surface area contributed by atoms with Gasteiger partial charge in [-0.3, -0.25) is 0 Å². The number of nitrogens with zero attached hydrogens (tertiary/aromatic N) is 1. The first-order chi connectivity index (χ1) is 6.14. The smallest absolute Gasteiger partial charge is 1.00 e. The summed E-state index contributed by atoms with van der Waals surface area (Å²) in [6.45, 7) is 5.84. The second-order valence-corrected chi connectivity index (χ2v) is 4.05. The van der Waals surface area contributed by atoms with Crippen LogP contribution in [-0.4, -0.2) is 25.1 Å². The molecular weight excluding hydrogens is 310 g/mol. The average Bonchev–Trinajstić information content (AvgIpc) is 2.04. The van der Waals surface area contributed by atoms with Crippen molar-refractivity contribution in [3.8, 4) is 0 Å². The van der Waals surface area contributed by atoms with Crippen molar-refractivity contribution >= 4 is 0 Å². The van der Waals surface area contributed by atoms with E-state index in [9.17, 15) is 0 Å². The van der Waals surface area contributed by atoms with E-state index in [1.165, 1.54) is 5.56 Å². The maximum atomic E-state index is 3.77. The Morgan fingerprint density at radius 1 is 1.00 bits per heavy atom. The quantitative estimate of drug-likeness (QED) is 0.293. The minimum Gasteiger partial charge on any atom is -1.00 e. The third-order valence-electron chi connectivity index (χ3n) is 2.08. The van der Waals surface area contributed by atoms with Crippen LogP contribution in [0.2, 0.25) is 0 Å². The molecule has 0 spiro atoms. The van der Waals surface area contributed by atoms with E-state index in [0.29, 0.717) is 0 Å². The molecule has 0 saturated carbocycles. The van der Waals surface area contributed by atoms with Crippen LogP contribution in [0.1, 0.15) is 5.56 Å². The Labute approximate surface area is 174 Å². The van der Waals surface area contributed by atoms with Crippen molar-refractivity contribution in [3.05, 3.63) is 48.6 Å². The minimum absolute atomic E-state index is 0. The van der Waals surface area contributed by atoms with E-state index < -0.39 is 0 Å². The van der Waals surface area contributed by atoms with Crippen molar-refractivity contribution in [1.82, 2.24) is 0 Å². The van der Waals surface area contributed by atoms with Crippen LogP contribution >= 0.6 is 0 Å². The monoisotopic (exact) mass is 327 g/mol. The van der Waals surface area contributed by atoms with Crippen LogP contribution in [0, 0.1) is 0 Å². The number of benzene rings is 1. The third kappa shape index (κ3) is 14.2. The van der Waals surface area contributed by atoms with E-state index in [-0.39, 0.29) is 96.3 Å². The van der Waals surface area contributed by atoms with Gasteiger partial charge in [-0.25, -0.2) is 0 Å². The van der Waals surface area contributed by atoms with Gasteiger partial charge in [0.2, 0.25) is 0 Å². The molecule has 0 amide bonds. The van der Waals surface area contributed by atoms with Crippen molar-refractivity contribution < 1.29 is 101 Å². The molecule has 6 heteroatoms. The van der Waals surface area contributed by atoms with Gasteiger partial charge in [-0.05, 0) is 6.08 Å². The molecule has 0 atom stereocenters. The predicted molar refractivity (Wildman–Crippen MR) is 57.3 cm³/mol. The zero-order valence-corrected chi connectivity index (χ0v) is 17.9. The maximum Gasteiger partial charge on any atom is 1.00 e. The number of hydrogen-bond donors (Lipinski definition) is 0. The topological polar surface area (TPSA) is 0 Å². The van der Waals surface area contributed by atoms with Crippen LogP contribution in [0.4, 0.5) is 0 Å². The molecule has 0 radical (unpaired) electrons. The number of halogens is 3. The Morgan fingerprint density at radius 2 is 1.44 bits per heavy atom. The van der Waals surface area contributed by atoms with Gasteiger partial charge in [0, 0.05) is 5.56 Å². The summed E-state index contributed by atoms with van der Waals surface area (Å²) in [7, 11) is 4.43. The standard InChI is InChI=1S/C12H18N.3ClH.2Na/c1-4-10-13(2,3)11-12-8-6-5-7-9-12;;;;;/h4-9H,1,10-11H2,2-3H3;3*1H;;/q+1;;;;2*+1/p-3. The number of quaternary nitrogens is 1. The molecule has 0 saturated heterocycles. The molecule has 0 unspecified atom stereocenters. The first-order valence-corrected chi connectivity index (χ1v) is 4.61. The third-order valence-corrected chi connectivity index (χ3v) is 2.08. The summed E-state index contributed by atoms with van der Waals surface area (Å²) in [6.07, 6.45) is 1.98. The average molecular weight is 329 g/mol. The van der Waals surface area contributed by atoms with E-state index in [0.717, 1.165) is 17.6 Å². The largest absolute Gasteiger partial charge is 1.00 e. The second-order valence-electron chi connectivity index (χ2n) is 4.05. The van der Waals surface area contributed by atoms with E-state index in [4.69, 9.17) is 0 Å². The zero-order valence-electron chi connectivity index (χ0n) is 11.7. The Kier molecular flexibility index (Phi) is 29.9. The Balaban J connectivity index is -0.000000113. The van der Waals surface area contributed by atoms with Gasteiger partial charge in [-0.15, -0.1) is 0 Å². The van der Waals surface area contributed by atoms with Gasteiger partial charge in [0.25, 0.3) is 0 Å². The van der Waals surface area contributed by atoms with Gasteiger partial charge in [-0.2, -0.15) is 0 Å². The van der Waals surface area contributed by atoms with E-state index in [1.54, 1.807) is 0 Å². The summed E-state index contributed by atoms with van der Waals surface area (Å²) in [6, 6.07) is 10.6. The van der Waals surface area contributed by atoms with E-state index in [2.05, 4.69) is 51.0 Å². The van der Waals surface area contributed by atoms with E-state index in [1.807, 2.05) is 6.08 Å². The summed E-state index contributed by atoms with van der Waals surface area (Å²) in [4.78, 5) is 0.